The summed E-state index contributed by atoms with van der Waals surface area (Å²) in [5.74, 6) is -1.46. The Kier molecular flexibility index (Phi) is 3.75. The van der Waals surface area contributed by atoms with E-state index in [1.165, 1.54) is 18.2 Å². The third kappa shape index (κ3) is 3.51. The fourth-order valence-electron chi connectivity index (χ4n) is 1.75. The summed E-state index contributed by atoms with van der Waals surface area (Å²) in [7, 11) is 0. The van der Waals surface area contributed by atoms with E-state index in [0.29, 0.717) is 12.1 Å². The van der Waals surface area contributed by atoms with Crippen LogP contribution in [0.25, 0.3) is 6.08 Å². The normalized spacial score (nSPS) is 11.1. The zero-order valence-electron chi connectivity index (χ0n) is 10.4. The number of carboxylic acids is 1. The molecule has 4 nitrogen and oxygen atoms in total. The Balaban J connectivity index is 2.31. The van der Waals surface area contributed by atoms with Crippen LogP contribution in [0.1, 0.15) is 16.7 Å². The molecule has 0 radical (unpaired) electrons. The summed E-state index contributed by atoms with van der Waals surface area (Å²) in [5.41, 5.74) is 2.38. The van der Waals surface area contributed by atoms with Gasteiger partial charge < -0.3 is 5.11 Å². The van der Waals surface area contributed by atoms with Crippen molar-refractivity contribution in [1.82, 2.24) is 9.78 Å². The van der Waals surface area contributed by atoms with Crippen LogP contribution in [0.2, 0.25) is 0 Å². The third-order valence-corrected chi connectivity index (χ3v) is 2.61. The molecule has 0 aliphatic carbocycles. The molecule has 1 heterocycles. The number of hydrogen-bond donors (Lipinski definition) is 1. The first-order valence-corrected chi connectivity index (χ1v) is 5.73. The van der Waals surface area contributed by atoms with Crippen molar-refractivity contribution in [2.45, 2.75) is 13.5 Å². The van der Waals surface area contributed by atoms with Crippen molar-refractivity contribution in [1.29, 1.82) is 0 Å². The highest BCUT2D eigenvalue weighted by Crippen LogP contribution is 2.15. The number of hydrogen-bond acceptors (Lipinski definition) is 2. The minimum Gasteiger partial charge on any atom is -0.478 e. The second kappa shape index (κ2) is 5.48. The predicted octanol–water partition coefficient (Wildman–Crippen LogP) is 2.48. The molecule has 1 aromatic heterocycles. The maximum atomic E-state index is 13.2. The van der Waals surface area contributed by atoms with Crippen LogP contribution < -0.4 is 0 Å². The van der Waals surface area contributed by atoms with Crippen molar-refractivity contribution in [3.63, 3.8) is 0 Å². The third-order valence-electron chi connectivity index (χ3n) is 2.61. The smallest absolute Gasteiger partial charge is 0.328 e. The first-order valence-electron chi connectivity index (χ1n) is 5.73. The molecular weight excluding hydrogens is 247 g/mol. The quantitative estimate of drug-likeness (QED) is 0.859. The van der Waals surface area contributed by atoms with Gasteiger partial charge in [0, 0.05) is 12.3 Å². The minimum atomic E-state index is -1.06. The zero-order chi connectivity index (χ0) is 13.8. The summed E-state index contributed by atoms with van der Waals surface area (Å²) in [6.07, 6.45) is 5.98. The molecule has 0 spiro atoms. The van der Waals surface area contributed by atoms with E-state index in [2.05, 4.69) is 5.10 Å². The van der Waals surface area contributed by atoms with Gasteiger partial charge in [-0.1, -0.05) is 6.07 Å². The topological polar surface area (TPSA) is 55.1 Å². The SMILES string of the molecule is Cc1cnn(Cc2ccc(F)cc2/C=C/C(=O)O)c1. The Morgan fingerprint density at radius 3 is 2.95 bits per heavy atom. The van der Waals surface area contributed by atoms with Crippen LogP contribution in [0.5, 0.6) is 0 Å². The number of aromatic nitrogens is 2. The van der Waals surface area contributed by atoms with Gasteiger partial charge in [0.2, 0.25) is 0 Å². The van der Waals surface area contributed by atoms with E-state index in [1.54, 1.807) is 16.9 Å². The molecular formula is C14H13FN2O2. The van der Waals surface area contributed by atoms with Crippen molar-refractivity contribution >= 4 is 12.0 Å². The lowest BCUT2D eigenvalue weighted by Gasteiger charge is -2.06. The van der Waals surface area contributed by atoms with E-state index in [0.717, 1.165) is 17.2 Å². The molecule has 0 saturated heterocycles. The Morgan fingerprint density at radius 2 is 2.32 bits per heavy atom. The summed E-state index contributed by atoms with van der Waals surface area (Å²) in [6.45, 7) is 2.40. The molecule has 1 aromatic carbocycles. The molecule has 0 saturated carbocycles. The lowest BCUT2D eigenvalue weighted by molar-refractivity contribution is -0.131. The van der Waals surface area contributed by atoms with Crippen molar-refractivity contribution in [3.8, 4) is 0 Å². The van der Waals surface area contributed by atoms with Crippen LogP contribution in [-0.2, 0) is 11.3 Å². The molecule has 0 aliphatic heterocycles. The molecule has 0 atom stereocenters. The van der Waals surface area contributed by atoms with E-state index in [1.807, 2.05) is 13.1 Å². The molecule has 0 amide bonds. The summed E-state index contributed by atoms with van der Waals surface area (Å²) < 4.78 is 14.9. The highest BCUT2D eigenvalue weighted by molar-refractivity contribution is 5.85. The van der Waals surface area contributed by atoms with Crippen LogP contribution in [-0.4, -0.2) is 20.9 Å². The monoisotopic (exact) mass is 260 g/mol. The fourth-order valence-corrected chi connectivity index (χ4v) is 1.75. The molecule has 5 heteroatoms. The molecule has 0 fully saturated rings. The second-order valence-corrected chi connectivity index (χ2v) is 4.23. The summed E-state index contributed by atoms with van der Waals surface area (Å²) in [4.78, 5) is 10.5. The van der Waals surface area contributed by atoms with E-state index in [4.69, 9.17) is 5.11 Å². The van der Waals surface area contributed by atoms with E-state index in [-0.39, 0.29) is 0 Å². The van der Waals surface area contributed by atoms with Gasteiger partial charge >= 0.3 is 5.97 Å². The second-order valence-electron chi connectivity index (χ2n) is 4.23. The lowest BCUT2D eigenvalue weighted by atomic mass is 10.1. The first kappa shape index (κ1) is 13.0. The molecule has 1 N–H and O–H groups in total. The number of halogens is 1. The average molecular weight is 260 g/mol. The molecule has 19 heavy (non-hydrogen) atoms. The van der Waals surface area contributed by atoms with Crippen molar-refractivity contribution in [3.05, 3.63) is 59.2 Å². The van der Waals surface area contributed by atoms with Gasteiger partial charge in [-0.2, -0.15) is 5.10 Å². The Hall–Kier alpha value is -2.43. The van der Waals surface area contributed by atoms with Crippen molar-refractivity contribution < 1.29 is 14.3 Å². The highest BCUT2D eigenvalue weighted by atomic mass is 19.1. The van der Waals surface area contributed by atoms with Gasteiger partial charge in [-0.3, -0.25) is 4.68 Å². The molecule has 0 unspecified atom stereocenters. The fraction of sp³-hybridized carbons (Fsp3) is 0.143. The standard InChI is InChI=1S/C14H13FN2O2/c1-10-7-16-17(8-10)9-12-2-4-13(15)6-11(12)3-5-14(18)19/h2-8H,9H2,1H3,(H,18,19)/b5-3+. The molecule has 98 valence electrons. The Morgan fingerprint density at radius 1 is 1.53 bits per heavy atom. The van der Waals surface area contributed by atoms with Crippen LogP contribution >= 0.6 is 0 Å². The van der Waals surface area contributed by atoms with E-state index in [9.17, 15) is 9.18 Å². The number of carbonyl (C=O) groups is 1. The number of aryl methyl sites for hydroxylation is 1. The maximum Gasteiger partial charge on any atom is 0.328 e. The summed E-state index contributed by atoms with van der Waals surface area (Å²) >= 11 is 0. The highest BCUT2D eigenvalue weighted by Gasteiger charge is 2.04. The Bertz CT molecular complexity index is 632. The summed E-state index contributed by atoms with van der Waals surface area (Å²) in [5, 5.41) is 12.8. The van der Waals surface area contributed by atoms with Crippen molar-refractivity contribution in [2.75, 3.05) is 0 Å². The van der Waals surface area contributed by atoms with E-state index >= 15 is 0 Å². The maximum absolute atomic E-state index is 13.2. The summed E-state index contributed by atoms with van der Waals surface area (Å²) in [6, 6.07) is 4.29. The molecule has 2 aromatic rings. The van der Waals surface area contributed by atoms with Gasteiger partial charge in [0.25, 0.3) is 0 Å². The molecule has 0 bridgehead atoms. The van der Waals surface area contributed by atoms with Gasteiger partial charge in [0.05, 0.1) is 12.7 Å². The largest absolute Gasteiger partial charge is 0.478 e. The Labute approximate surface area is 109 Å². The van der Waals surface area contributed by atoms with Crippen molar-refractivity contribution in [2.24, 2.45) is 0 Å². The van der Waals surface area contributed by atoms with Crippen LogP contribution in [0.4, 0.5) is 4.39 Å². The number of carboxylic acid groups (broad SMARTS) is 1. The molecule has 0 aliphatic rings. The number of rotatable bonds is 4. The predicted molar refractivity (Wildman–Crippen MR) is 69.1 cm³/mol. The number of nitrogens with zero attached hydrogens (tertiary/aromatic N) is 2. The van der Waals surface area contributed by atoms with Gasteiger partial charge in [-0.05, 0) is 41.8 Å². The van der Waals surface area contributed by atoms with Crippen LogP contribution in [0.15, 0.2) is 36.7 Å². The van der Waals surface area contributed by atoms with Gasteiger partial charge in [-0.15, -0.1) is 0 Å². The molecule has 2 rings (SSSR count). The minimum absolute atomic E-state index is 0.398. The van der Waals surface area contributed by atoms with Gasteiger partial charge in [-0.25, -0.2) is 9.18 Å². The average Bonchev–Trinajstić information content (AvgIpc) is 2.75. The number of aliphatic carboxylic acids is 1. The lowest BCUT2D eigenvalue weighted by Crippen LogP contribution is -2.02. The van der Waals surface area contributed by atoms with Crippen LogP contribution in [0, 0.1) is 12.7 Å². The van der Waals surface area contributed by atoms with E-state index < -0.39 is 11.8 Å². The van der Waals surface area contributed by atoms with Crippen LogP contribution in [0.3, 0.4) is 0 Å². The van der Waals surface area contributed by atoms with Gasteiger partial charge in [0.1, 0.15) is 5.82 Å². The van der Waals surface area contributed by atoms with Gasteiger partial charge in [0.15, 0.2) is 0 Å². The number of benzene rings is 1. The first-order chi connectivity index (χ1) is 9.04. The zero-order valence-corrected chi connectivity index (χ0v) is 10.4.